The lowest BCUT2D eigenvalue weighted by molar-refractivity contribution is -0.154. The molecule has 35 heavy (non-hydrogen) atoms. The first-order chi connectivity index (χ1) is 16.4. The maximum atomic E-state index is 13.2. The highest BCUT2D eigenvalue weighted by molar-refractivity contribution is 6.30. The van der Waals surface area contributed by atoms with Crippen LogP contribution in [0.3, 0.4) is 0 Å². The summed E-state index contributed by atoms with van der Waals surface area (Å²) in [5.74, 6) is -3.25. The van der Waals surface area contributed by atoms with Crippen molar-refractivity contribution in [2.45, 2.75) is 58.3 Å². The number of carbonyl (C=O) groups is 4. The Kier molecular flexibility index (Phi) is 7.83. The largest absolute Gasteiger partial charge is 0.466 e. The third-order valence-corrected chi connectivity index (χ3v) is 6.08. The van der Waals surface area contributed by atoms with Gasteiger partial charge in [0.25, 0.3) is 0 Å². The van der Waals surface area contributed by atoms with Gasteiger partial charge in [-0.2, -0.15) is 0 Å². The highest BCUT2D eigenvalue weighted by atomic mass is 35.5. The summed E-state index contributed by atoms with van der Waals surface area (Å²) in [7, 11) is 0. The Balaban J connectivity index is 1.87. The molecular formula is C24H31ClN2O8. The second-order valence-electron chi connectivity index (χ2n) is 9.48. The summed E-state index contributed by atoms with van der Waals surface area (Å²) in [6, 6.07) is 6.50. The van der Waals surface area contributed by atoms with Crippen molar-refractivity contribution in [2.75, 3.05) is 18.5 Å². The van der Waals surface area contributed by atoms with Crippen LogP contribution in [0, 0.1) is 17.8 Å². The first kappa shape index (κ1) is 26.6. The maximum absolute atomic E-state index is 13.2. The smallest absolute Gasteiger partial charge is 0.411 e. The fourth-order valence-electron chi connectivity index (χ4n) is 4.69. The summed E-state index contributed by atoms with van der Waals surface area (Å²) in [4.78, 5) is 51.2. The van der Waals surface area contributed by atoms with Crippen molar-refractivity contribution in [3.63, 3.8) is 0 Å². The van der Waals surface area contributed by atoms with Gasteiger partial charge in [0.05, 0.1) is 19.1 Å². The van der Waals surface area contributed by atoms with Gasteiger partial charge in [-0.05, 0) is 52.8 Å². The molecule has 2 aliphatic carbocycles. The first-order valence-corrected chi connectivity index (χ1v) is 11.9. The molecule has 2 aliphatic rings. The van der Waals surface area contributed by atoms with E-state index in [1.54, 1.807) is 58.9 Å². The number of esters is 2. The molecule has 0 saturated heterocycles. The monoisotopic (exact) mass is 510 g/mol. The standard InChI is InChI=1S/C24H31ClN2O8/c1-6-32-19(28)17-16-15(34-21(30)26-14-10-8-9-13(25)11-14)12-24(18(16)17,20(29)33-7-2)27-22(31)35-23(3,4)5/h8-11,15-18H,6-7,12H2,1-5H3,(H,26,30)(H,27,31)/t15?,16?,17-,18?,24?/m0/s1. The number of anilines is 1. The summed E-state index contributed by atoms with van der Waals surface area (Å²) in [5, 5.41) is 5.65. The Morgan fingerprint density at radius 2 is 1.77 bits per heavy atom. The fraction of sp³-hybridized carbons (Fsp3) is 0.583. The number of alkyl carbamates (subject to hydrolysis) is 1. The van der Waals surface area contributed by atoms with E-state index in [9.17, 15) is 19.2 Å². The number of hydrogen-bond donors (Lipinski definition) is 2. The Bertz CT molecular complexity index is 994. The van der Waals surface area contributed by atoms with Crippen molar-refractivity contribution in [2.24, 2.45) is 17.8 Å². The molecule has 1 aromatic rings. The Morgan fingerprint density at radius 1 is 1.09 bits per heavy atom. The molecule has 0 heterocycles. The number of amides is 2. The summed E-state index contributed by atoms with van der Waals surface area (Å²) >= 11 is 5.96. The quantitative estimate of drug-likeness (QED) is 0.417. The van der Waals surface area contributed by atoms with Crippen LogP contribution in [0.4, 0.5) is 15.3 Å². The minimum atomic E-state index is -1.62. The third-order valence-electron chi connectivity index (χ3n) is 5.85. The molecule has 0 radical (unpaired) electrons. The van der Waals surface area contributed by atoms with E-state index in [0.717, 1.165) is 0 Å². The zero-order chi connectivity index (χ0) is 26.0. The molecule has 0 aliphatic heterocycles. The van der Waals surface area contributed by atoms with Gasteiger partial charge in [0, 0.05) is 29.0 Å². The molecule has 0 spiro atoms. The van der Waals surface area contributed by atoms with Gasteiger partial charge >= 0.3 is 24.1 Å². The van der Waals surface area contributed by atoms with Gasteiger partial charge in [-0.25, -0.2) is 14.4 Å². The molecule has 5 atom stereocenters. The van der Waals surface area contributed by atoms with E-state index in [1.807, 2.05) is 0 Å². The van der Waals surface area contributed by atoms with Gasteiger partial charge < -0.3 is 24.3 Å². The van der Waals surface area contributed by atoms with Crippen LogP contribution in [0.25, 0.3) is 0 Å². The highest BCUT2D eigenvalue weighted by Crippen LogP contribution is 2.64. The minimum Gasteiger partial charge on any atom is -0.466 e. The van der Waals surface area contributed by atoms with Crippen molar-refractivity contribution in [1.82, 2.24) is 5.32 Å². The molecule has 11 heteroatoms. The van der Waals surface area contributed by atoms with Gasteiger partial charge in [-0.15, -0.1) is 0 Å². The lowest BCUT2D eigenvalue weighted by Gasteiger charge is -2.33. The van der Waals surface area contributed by atoms with E-state index >= 15 is 0 Å². The van der Waals surface area contributed by atoms with E-state index in [4.69, 9.17) is 30.5 Å². The Hall–Kier alpha value is -3.01. The van der Waals surface area contributed by atoms with Crippen LogP contribution < -0.4 is 10.6 Å². The maximum Gasteiger partial charge on any atom is 0.411 e. The molecule has 192 valence electrons. The van der Waals surface area contributed by atoms with Gasteiger partial charge in [-0.3, -0.25) is 10.1 Å². The fourth-order valence-corrected chi connectivity index (χ4v) is 4.88. The van der Waals surface area contributed by atoms with Crippen molar-refractivity contribution >= 4 is 41.4 Å². The SMILES string of the molecule is CCOC(=O)[C@H]1C2C(OC(=O)Nc3cccc(Cl)c3)CC(NC(=O)OC(C)(C)C)(C(=O)OCC)C21. The number of carbonyl (C=O) groups excluding carboxylic acids is 4. The molecule has 2 fully saturated rings. The summed E-state index contributed by atoms with van der Waals surface area (Å²) < 4.78 is 21.4. The van der Waals surface area contributed by atoms with Crippen LogP contribution in [0.2, 0.25) is 5.02 Å². The first-order valence-electron chi connectivity index (χ1n) is 11.5. The second-order valence-corrected chi connectivity index (χ2v) is 9.92. The van der Waals surface area contributed by atoms with Crippen molar-refractivity contribution in [1.29, 1.82) is 0 Å². The average molecular weight is 511 g/mol. The molecule has 3 rings (SSSR count). The number of halogens is 1. The van der Waals surface area contributed by atoms with E-state index < -0.39 is 59.1 Å². The molecule has 10 nitrogen and oxygen atoms in total. The molecule has 0 bridgehead atoms. The normalized spacial score (nSPS) is 26.7. The molecule has 2 amide bonds. The summed E-state index contributed by atoms with van der Waals surface area (Å²) in [5.41, 5.74) is -2.03. The third kappa shape index (κ3) is 5.98. The zero-order valence-electron chi connectivity index (χ0n) is 20.4. The lowest BCUT2D eigenvalue weighted by Crippen LogP contribution is -2.58. The molecule has 0 aromatic heterocycles. The molecule has 2 N–H and O–H groups in total. The van der Waals surface area contributed by atoms with E-state index in [2.05, 4.69) is 10.6 Å². The molecule has 4 unspecified atom stereocenters. The van der Waals surface area contributed by atoms with Gasteiger partial charge in [0.15, 0.2) is 0 Å². The number of ether oxygens (including phenoxy) is 4. The number of rotatable bonds is 7. The van der Waals surface area contributed by atoms with Crippen LogP contribution in [-0.4, -0.2) is 54.6 Å². The van der Waals surface area contributed by atoms with Crippen molar-refractivity contribution < 1.29 is 38.1 Å². The zero-order valence-corrected chi connectivity index (χ0v) is 21.1. The van der Waals surface area contributed by atoms with Crippen LogP contribution in [0.5, 0.6) is 0 Å². The number of nitrogens with one attached hydrogen (secondary N) is 2. The number of fused-ring (bicyclic) bond motifs is 1. The average Bonchev–Trinajstić information content (AvgIpc) is 3.41. The van der Waals surface area contributed by atoms with E-state index in [-0.39, 0.29) is 19.6 Å². The lowest BCUT2D eigenvalue weighted by atomic mass is 9.89. The predicted molar refractivity (Wildman–Crippen MR) is 126 cm³/mol. The summed E-state index contributed by atoms with van der Waals surface area (Å²) in [6.07, 6.45) is -2.59. The minimum absolute atomic E-state index is 0.0544. The van der Waals surface area contributed by atoms with Gasteiger partial charge in [0.2, 0.25) is 0 Å². The number of benzene rings is 1. The highest BCUT2D eigenvalue weighted by Gasteiger charge is 2.77. The molecule has 1 aromatic carbocycles. The van der Waals surface area contributed by atoms with E-state index in [1.165, 1.54) is 0 Å². The second kappa shape index (κ2) is 10.3. The number of hydrogen-bond acceptors (Lipinski definition) is 8. The topological polar surface area (TPSA) is 129 Å². The summed E-state index contributed by atoms with van der Waals surface area (Å²) in [6.45, 7) is 8.55. The van der Waals surface area contributed by atoms with Crippen molar-refractivity contribution in [3.8, 4) is 0 Å². The van der Waals surface area contributed by atoms with Crippen LogP contribution in [0.1, 0.15) is 41.0 Å². The van der Waals surface area contributed by atoms with Crippen LogP contribution in [-0.2, 0) is 28.5 Å². The van der Waals surface area contributed by atoms with Crippen LogP contribution in [0.15, 0.2) is 24.3 Å². The molecular weight excluding hydrogens is 480 g/mol. The van der Waals surface area contributed by atoms with Crippen molar-refractivity contribution in [3.05, 3.63) is 29.3 Å². The predicted octanol–water partition coefficient (Wildman–Crippen LogP) is 3.91. The van der Waals surface area contributed by atoms with Gasteiger partial charge in [0.1, 0.15) is 17.2 Å². The van der Waals surface area contributed by atoms with E-state index in [0.29, 0.717) is 10.7 Å². The van der Waals surface area contributed by atoms with Gasteiger partial charge in [-0.1, -0.05) is 17.7 Å². The van der Waals surface area contributed by atoms with Crippen LogP contribution >= 0.6 is 11.6 Å². The Labute approximate surface area is 208 Å². The molecule has 2 saturated carbocycles. The Morgan fingerprint density at radius 3 is 2.37 bits per heavy atom.